The molecule has 0 radical (unpaired) electrons. The Bertz CT molecular complexity index is 1010. The summed E-state index contributed by atoms with van der Waals surface area (Å²) in [6.45, 7) is 0.918. The number of aryl methyl sites for hydroxylation is 1. The first-order valence-electron chi connectivity index (χ1n) is 8.68. The van der Waals surface area contributed by atoms with Gasteiger partial charge >= 0.3 is 6.09 Å². The fourth-order valence-electron chi connectivity index (χ4n) is 3.04. The molecule has 1 aromatic carbocycles. The number of rotatable bonds is 5. The van der Waals surface area contributed by atoms with Crippen LogP contribution in [0.1, 0.15) is 0 Å². The number of ether oxygens (including phenoxy) is 1. The number of benzene rings is 1. The van der Waals surface area contributed by atoms with Gasteiger partial charge in [0, 0.05) is 23.9 Å². The van der Waals surface area contributed by atoms with Crippen LogP contribution in [0.15, 0.2) is 36.5 Å². The van der Waals surface area contributed by atoms with E-state index >= 15 is 0 Å². The van der Waals surface area contributed by atoms with Crippen molar-refractivity contribution >= 4 is 11.8 Å². The quantitative estimate of drug-likeness (QED) is 0.715. The van der Waals surface area contributed by atoms with Gasteiger partial charge in [-0.3, -0.25) is 9.88 Å². The van der Waals surface area contributed by atoms with Gasteiger partial charge in [-0.2, -0.15) is 4.80 Å². The average molecular weight is 383 g/mol. The summed E-state index contributed by atoms with van der Waals surface area (Å²) in [6.07, 6.45) is 0.818. The largest absolute Gasteiger partial charge is 0.443 e. The van der Waals surface area contributed by atoms with Gasteiger partial charge in [-0.15, -0.1) is 10.2 Å². The minimum absolute atomic E-state index is 0.258. The Kier molecular flexibility index (Phi) is 4.70. The number of amides is 1. The SMILES string of the molecule is CNC[C@H]1CN(c2ccc(-c3ccc(-c4nnn(C)n4)nc3)c(F)c2)C(=O)O1. The Balaban J connectivity index is 1.56. The fourth-order valence-corrected chi connectivity index (χ4v) is 3.04. The zero-order chi connectivity index (χ0) is 19.7. The van der Waals surface area contributed by atoms with Gasteiger partial charge < -0.3 is 10.1 Å². The summed E-state index contributed by atoms with van der Waals surface area (Å²) in [5.74, 6) is -0.0527. The van der Waals surface area contributed by atoms with Gasteiger partial charge in [0.2, 0.25) is 5.82 Å². The van der Waals surface area contributed by atoms with E-state index < -0.39 is 11.9 Å². The van der Waals surface area contributed by atoms with Gasteiger partial charge in [-0.25, -0.2) is 9.18 Å². The van der Waals surface area contributed by atoms with Gasteiger partial charge in [0.05, 0.1) is 19.3 Å². The third-order valence-corrected chi connectivity index (χ3v) is 4.38. The number of pyridine rings is 1. The van der Waals surface area contributed by atoms with Gasteiger partial charge in [0.25, 0.3) is 0 Å². The summed E-state index contributed by atoms with van der Waals surface area (Å²) in [5.41, 5.74) is 1.99. The number of hydrogen-bond donors (Lipinski definition) is 1. The van der Waals surface area contributed by atoms with E-state index in [1.807, 2.05) is 0 Å². The van der Waals surface area contributed by atoms with Crippen LogP contribution in [-0.4, -0.2) is 57.5 Å². The van der Waals surface area contributed by atoms with Crippen molar-refractivity contribution in [3.05, 3.63) is 42.3 Å². The summed E-state index contributed by atoms with van der Waals surface area (Å²) in [5, 5.41) is 14.7. The van der Waals surface area contributed by atoms with Gasteiger partial charge in [-0.05, 0) is 36.5 Å². The van der Waals surface area contributed by atoms with Crippen molar-refractivity contribution in [2.45, 2.75) is 6.10 Å². The predicted octanol–water partition coefficient (Wildman–Crippen LogP) is 1.62. The molecule has 0 saturated carbocycles. The molecule has 0 unspecified atom stereocenters. The lowest BCUT2D eigenvalue weighted by molar-refractivity contribution is 0.141. The lowest BCUT2D eigenvalue weighted by atomic mass is 10.1. The van der Waals surface area contributed by atoms with E-state index in [1.54, 1.807) is 44.6 Å². The highest BCUT2D eigenvalue weighted by molar-refractivity contribution is 5.90. The Morgan fingerprint density at radius 2 is 2.18 bits per heavy atom. The lowest BCUT2D eigenvalue weighted by Crippen LogP contribution is -2.29. The van der Waals surface area contributed by atoms with Crippen LogP contribution in [-0.2, 0) is 11.8 Å². The van der Waals surface area contributed by atoms with Crippen LogP contribution in [0.5, 0.6) is 0 Å². The number of hydrogen-bond acceptors (Lipinski definition) is 7. The summed E-state index contributed by atoms with van der Waals surface area (Å²) in [6, 6.07) is 8.10. The molecule has 1 N–H and O–H groups in total. The van der Waals surface area contributed by atoms with Gasteiger partial charge in [0.15, 0.2) is 0 Å². The minimum Gasteiger partial charge on any atom is -0.443 e. The zero-order valence-corrected chi connectivity index (χ0v) is 15.3. The molecule has 28 heavy (non-hydrogen) atoms. The second-order valence-corrected chi connectivity index (χ2v) is 6.37. The van der Waals surface area contributed by atoms with Crippen molar-refractivity contribution in [3.63, 3.8) is 0 Å². The molecule has 0 spiro atoms. The number of nitrogens with one attached hydrogen (secondary N) is 1. The van der Waals surface area contributed by atoms with E-state index in [2.05, 4.69) is 25.7 Å². The molecule has 1 aliphatic heterocycles. The molecule has 4 rings (SSSR count). The van der Waals surface area contributed by atoms with E-state index in [-0.39, 0.29) is 6.10 Å². The van der Waals surface area contributed by atoms with Gasteiger partial charge in [-0.1, -0.05) is 6.07 Å². The molecule has 3 heterocycles. The molecule has 0 bridgehead atoms. The number of nitrogens with zero attached hydrogens (tertiary/aromatic N) is 6. The molecule has 1 aliphatic rings. The number of halogens is 1. The number of carbonyl (C=O) groups excluding carboxylic acids is 1. The first-order chi connectivity index (χ1) is 13.5. The highest BCUT2D eigenvalue weighted by Crippen LogP contribution is 2.29. The smallest absolute Gasteiger partial charge is 0.414 e. The predicted molar refractivity (Wildman–Crippen MR) is 99.0 cm³/mol. The molecular weight excluding hydrogens is 365 g/mol. The number of anilines is 1. The second-order valence-electron chi connectivity index (χ2n) is 6.37. The Labute approximate surface area is 160 Å². The summed E-state index contributed by atoms with van der Waals surface area (Å²) in [7, 11) is 3.45. The number of likely N-dealkylation sites (N-methyl/N-ethyl adjacent to an activating group) is 1. The van der Waals surface area contributed by atoms with Crippen LogP contribution >= 0.6 is 0 Å². The van der Waals surface area contributed by atoms with Crippen molar-refractivity contribution < 1.29 is 13.9 Å². The van der Waals surface area contributed by atoms with E-state index in [4.69, 9.17) is 4.74 Å². The van der Waals surface area contributed by atoms with Crippen LogP contribution in [0.4, 0.5) is 14.9 Å². The van der Waals surface area contributed by atoms with E-state index in [0.717, 1.165) is 0 Å². The lowest BCUT2D eigenvalue weighted by Gasteiger charge is -2.14. The number of carbonyl (C=O) groups is 1. The second kappa shape index (κ2) is 7.31. The molecule has 1 atom stereocenters. The maximum Gasteiger partial charge on any atom is 0.414 e. The van der Waals surface area contributed by atoms with Crippen molar-refractivity contribution in [2.75, 3.05) is 25.0 Å². The maximum absolute atomic E-state index is 14.7. The molecule has 9 nitrogen and oxygen atoms in total. The zero-order valence-electron chi connectivity index (χ0n) is 15.3. The summed E-state index contributed by atoms with van der Waals surface area (Å²) < 4.78 is 20.0. The van der Waals surface area contributed by atoms with Crippen LogP contribution in [0.2, 0.25) is 0 Å². The first-order valence-corrected chi connectivity index (χ1v) is 8.68. The molecule has 2 aromatic heterocycles. The molecule has 144 valence electrons. The van der Waals surface area contributed by atoms with Crippen molar-refractivity contribution in [1.29, 1.82) is 0 Å². The molecular formula is C18H18FN7O2. The maximum atomic E-state index is 14.7. The van der Waals surface area contributed by atoms with E-state index in [0.29, 0.717) is 41.4 Å². The summed E-state index contributed by atoms with van der Waals surface area (Å²) in [4.78, 5) is 19.1. The van der Waals surface area contributed by atoms with E-state index in [9.17, 15) is 9.18 Å². The molecule has 1 saturated heterocycles. The Morgan fingerprint density at radius 1 is 1.32 bits per heavy atom. The Morgan fingerprint density at radius 3 is 2.82 bits per heavy atom. The van der Waals surface area contributed by atoms with Crippen molar-refractivity contribution in [1.82, 2.24) is 30.5 Å². The third-order valence-electron chi connectivity index (χ3n) is 4.38. The third kappa shape index (κ3) is 3.41. The van der Waals surface area contributed by atoms with Crippen LogP contribution in [0, 0.1) is 5.82 Å². The Hall–Kier alpha value is -3.40. The van der Waals surface area contributed by atoms with Crippen LogP contribution < -0.4 is 10.2 Å². The molecule has 0 aliphatic carbocycles. The molecule has 1 amide bonds. The molecule has 10 heteroatoms. The number of aromatic nitrogens is 5. The standard InChI is InChI=1S/C18H18FN7O2/c1-20-9-13-10-26(18(27)28-13)12-4-5-14(15(19)7-12)11-3-6-16(21-8-11)17-22-24-25(2)23-17/h3-8,13,20H,9-10H2,1-2H3/t13-/m0/s1. The minimum atomic E-state index is -0.477. The number of cyclic esters (lactones) is 1. The topological polar surface area (TPSA) is 98.1 Å². The average Bonchev–Trinajstić information content (AvgIpc) is 3.28. The van der Waals surface area contributed by atoms with Crippen LogP contribution in [0.3, 0.4) is 0 Å². The van der Waals surface area contributed by atoms with Crippen LogP contribution in [0.25, 0.3) is 22.6 Å². The normalized spacial score (nSPS) is 16.5. The van der Waals surface area contributed by atoms with Crippen molar-refractivity contribution in [2.24, 2.45) is 7.05 Å². The first kappa shape index (κ1) is 18.0. The van der Waals surface area contributed by atoms with E-state index in [1.165, 1.54) is 15.8 Å². The number of tetrazole rings is 1. The molecule has 3 aromatic rings. The van der Waals surface area contributed by atoms with Gasteiger partial charge in [0.1, 0.15) is 17.6 Å². The fraction of sp³-hybridized carbons (Fsp3) is 0.278. The molecule has 1 fully saturated rings. The summed E-state index contributed by atoms with van der Waals surface area (Å²) >= 11 is 0. The monoisotopic (exact) mass is 383 g/mol. The van der Waals surface area contributed by atoms with Crippen molar-refractivity contribution in [3.8, 4) is 22.6 Å². The highest BCUT2D eigenvalue weighted by atomic mass is 19.1. The highest BCUT2D eigenvalue weighted by Gasteiger charge is 2.32.